The van der Waals surface area contributed by atoms with Crippen LogP contribution in [0.4, 0.5) is 0 Å². The first kappa shape index (κ1) is 15.4. The number of nitrogens with two attached hydrogens (primary N) is 1. The quantitative estimate of drug-likeness (QED) is 0.867. The van der Waals surface area contributed by atoms with Crippen LogP contribution >= 0.6 is 0 Å². The lowest BCUT2D eigenvalue weighted by Gasteiger charge is -2.36. The monoisotopic (exact) mass is 275 g/mol. The minimum atomic E-state index is 0.290. The van der Waals surface area contributed by atoms with Gasteiger partial charge in [-0.1, -0.05) is 45.4 Å². The predicted octanol–water partition coefficient (Wildman–Crippen LogP) is 4.34. The van der Waals surface area contributed by atoms with Gasteiger partial charge in [0.2, 0.25) is 0 Å². The van der Waals surface area contributed by atoms with Crippen LogP contribution in [0.2, 0.25) is 0 Å². The molecule has 0 aromatic heterocycles. The Morgan fingerprint density at radius 3 is 2.65 bits per heavy atom. The van der Waals surface area contributed by atoms with Gasteiger partial charge in [0.15, 0.2) is 0 Å². The Kier molecular flexibility index (Phi) is 5.47. The van der Waals surface area contributed by atoms with E-state index < -0.39 is 0 Å². The molecule has 20 heavy (non-hydrogen) atoms. The van der Waals surface area contributed by atoms with Crippen LogP contribution in [0, 0.1) is 11.8 Å². The fourth-order valence-electron chi connectivity index (χ4n) is 3.29. The van der Waals surface area contributed by atoms with Gasteiger partial charge < -0.3 is 10.5 Å². The third-order valence-electron chi connectivity index (χ3n) is 4.74. The largest absolute Gasteiger partial charge is 0.490 e. The molecule has 0 bridgehead atoms. The second-order valence-corrected chi connectivity index (χ2v) is 6.43. The molecule has 1 aromatic carbocycles. The lowest BCUT2D eigenvalue weighted by atomic mass is 9.78. The molecule has 1 aromatic rings. The number of hydrogen-bond donors (Lipinski definition) is 1. The molecule has 1 fully saturated rings. The highest BCUT2D eigenvalue weighted by molar-refractivity contribution is 5.35. The Hall–Kier alpha value is -1.02. The van der Waals surface area contributed by atoms with Crippen LogP contribution in [0.5, 0.6) is 5.75 Å². The van der Waals surface area contributed by atoms with Gasteiger partial charge >= 0.3 is 0 Å². The number of rotatable bonds is 5. The van der Waals surface area contributed by atoms with Crippen LogP contribution in [-0.4, -0.2) is 12.6 Å². The fourth-order valence-corrected chi connectivity index (χ4v) is 3.29. The van der Waals surface area contributed by atoms with Crippen molar-refractivity contribution in [2.45, 2.75) is 58.5 Å². The molecule has 0 aliphatic heterocycles. The second-order valence-electron chi connectivity index (χ2n) is 6.43. The van der Waals surface area contributed by atoms with Gasteiger partial charge in [-0.15, -0.1) is 0 Å². The van der Waals surface area contributed by atoms with E-state index in [-0.39, 0.29) is 0 Å². The fraction of sp³-hybridized carbons (Fsp3) is 0.667. The van der Waals surface area contributed by atoms with Crippen molar-refractivity contribution in [1.29, 1.82) is 0 Å². The highest BCUT2D eigenvalue weighted by Gasteiger charge is 2.30. The van der Waals surface area contributed by atoms with E-state index >= 15 is 0 Å². The first-order valence-corrected chi connectivity index (χ1v) is 8.11. The number of hydrogen-bond acceptors (Lipinski definition) is 2. The maximum atomic E-state index is 6.40. The summed E-state index contributed by atoms with van der Waals surface area (Å²) in [4.78, 5) is 0. The van der Waals surface area contributed by atoms with Crippen molar-refractivity contribution in [3.8, 4) is 5.75 Å². The Labute approximate surface area is 123 Å². The van der Waals surface area contributed by atoms with Crippen LogP contribution in [0.15, 0.2) is 24.3 Å². The van der Waals surface area contributed by atoms with E-state index in [0.717, 1.165) is 24.6 Å². The predicted molar refractivity (Wildman–Crippen MR) is 85.1 cm³/mol. The van der Waals surface area contributed by atoms with Crippen molar-refractivity contribution in [3.05, 3.63) is 29.8 Å². The van der Waals surface area contributed by atoms with Crippen LogP contribution in [0.25, 0.3) is 0 Å². The van der Waals surface area contributed by atoms with Crippen LogP contribution in [0.3, 0.4) is 0 Å². The molecule has 0 saturated heterocycles. The molecule has 112 valence electrons. The first-order chi connectivity index (χ1) is 9.65. The molecule has 0 heterocycles. The average Bonchev–Trinajstić information content (AvgIpc) is 2.47. The molecule has 0 amide bonds. The van der Waals surface area contributed by atoms with Crippen LogP contribution < -0.4 is 10.5 Å². The lowest BCUT2D eigenvalue weighted by molar-refractivity contribution is 0.0674. The maximum Gasteiger partial charge on any atom is 0.123 e. The summed E-state index contributed by atoms with van der Waals surface area (Å²) in [5.41, 5.74) is 7.26. The minimum Gasteiger partial charge on any atom is -0.490 e. The zero-order valence-corrected chi connectivity index (χ0v) is 13.1. The van der Waals surface area contributed by atoms with E-state index in [0.29, 0.717) is 17.9 Å². The Morgan fingerprint density at radius 1 is 1.25 bits per heavy atom. The minimum absolute atomic E-state index is 0.290. The molecule has 0 spiro atoms. The molecular weight excluding hydrogens is 246 g/mol. The summed E-state index contributed by atoms with van der Waals surface area (Å²) in [7, 11) is 0. The van der Waals surface area contributed by atoms with Gasteiger partial charge in [-0.25, -0.2) is 0 Å². The zero-order valence-electron chi connectivity index (χ0n) is 13.1. The first-order valence-electron chi connectivity index (χ1n) is 8.11. The van der Waals surface area contributed by atoms with Crippen molar-refractivity contribution in [3.63, 3.8) is 0 Å². The summed E-state index contributed by atoms with van der Waals surface area (Å²) in [5.74, 6) is 2.86. The van der Waals surface area contributed by atoms with Gasteiger partial charge in [-0.05, 0) is 49.3 Å². The topological polar surface area (TPSA) is 35.2 Å². The molecule has 3 atom stereocenters. The molecular formula is C18H29NO. The SMILES string of the molecule is CCC1CCC(CN)C(Oc2ccccc2C(C)C)C1. The molecule has 0 radical (unpaired) electrons. The molecule has 2 N–H and O–H groups in total. The van der Waals surface area contributed by atoms with E-state index in [1.165, 1.54) is 24.8 Å². The molecule has 1 aliphatic rings. The second kappa shape index (κ2) is 7.12. The van der Waals surface area contributed by atoms with E-state index in [1.54, 1.807) is 0 Å². The van der Waals surface area contributed by atoms with E-state index in [1.807, 2.05) is 0 Å². The molecule has 2 rings (SSSR count). The third-order valence-corrected chi connectivity index (χ3v) is 4.74. The molecule has 3 unspecified atom stereocenters. The molecule has 1 saturated carbocycles. The van der Waals surface area contributed by atoms with Crippen LogP contribution in [-0.2, 0) is 0 Å². The van der Waals surface area contributed by atoms with Crippen molar-refractivity contribution < 1.29 is 4.74 Å². The van der Waals surface area contributed by atoms with E-state index in [4.69, 9.17) is 10.5 Å². The van der Waals surface area contributed by atoms with Gasteiger partial charge in [-0.2, -0.15) is 0 Å². The summed E-state index contributed by atoms with van der Waals surface area (Å²) in [6.45, 7) is 7.47. The van der Waals surface area contributed by atoms with E-state index in [2.05, 4.69) is 45.0 Å². The van der Waals surface area contributed by atoms with Gasteiger partial charge in [0.05, 0.1) is 0 Å². The number of ether oxygens (including phenoxy) is 1. The normalized spacial score (nSPS) is 26.8. The van der Waals surface area contributed by atoms with Crippen molar-refractivity contribution in [1.82, 2.24) is 0 Å². The van der Waals surface area contributed by atoms with Gasteiger partial charge in [0.1, 0.15) is 11.9 Å². The highest BCUT2D eigenvalue weighted by atomic mass is 16.5. The summed E-state index contributed by atoms with van der Waals surface area (Å²) in [5, 5.41) is 0. The van der Waals surface area contributed by atoms with Crippen molar-refractivity contribution in [2.75, 3.05) is 6.54 Å². The Balaban J connectivity index is 2.14. The van der Waals surface area contributed by atoms with Gasteiger partial charge in [0.25, 0.3) is 0 Å². The number of para-hydroxylation sites is 1. The molecule has 2 nitrogen and oxygen atoms in total. The smallest absolute Gasteiger partial charge is 0.123 e. The summed E-state index contributed by atoms with van der Waals surface area (Å²) in [6, 6.07) is 8.45. The maximum absolute atomic E-state index is 6.40. The highest BCUT2D eigenvalue weighted by Crippen LogP contribution is 2.35. The van der Waals surface area contributed by atoms with E-state index in [9.17, 15) is 0 Å². The Morgan fingerprint density at radius 2 is 2.00 bits per heavy atom. The lowest BCUT2D eigenvalue weighted by Crippen LogP contribution is -2.38. The standard InChI is InChI=1S/C18H29NO/c1-4-14-9-10-15(12-19)18(11-14)20-17-8-6-5-7-16(17)13(2)3/h5-8,13-15,18H,4,9-12,19H2,1-3H3. The van der Waals surface area contributed by atoms with Gasteiger partial charge in [-0.3, -0.25) is 0 Å². The average molecular weight is 275 g/mol. The Bertz CT molecular complexity index is 416. The van der Waals surface area contributed by atoms with Crippen molar-refractivity contribution in [2.24, 2.45) is 17.6 Å². The summed E-state index contributed by atoms with van der Waals surface area (Å²) in [6.07, 6.45) is 5.22. The van der Waals surface area contributed by atoms with Gasteiger partial charge in [0, 0.05) is 5.92 Å². The molecule has 1 aliphatic carbocycles. The number of benzene rings is 1. The third kappa shape index (κ3) is 3.54. The van der Waals surface area contributed by atoms with Crippen LogP contribution in [0.1, 0.15) is 57.9 Å². The zero-order chi connectivity index (χ0) is 14.5. The molecule has 2 heteroatoms. The summed E-state index contributed by atoms with van der Waals surface area (Å²) < 4.78 is 6.40. The summed E-state index contributed by atoms with van der Waals surface area (Å²) >= 11 is 0. The van der Waals surface area contributed by atoms with Crippen molar-refractivity contribution >= 4 is 0 Å².